The summed E-state index contributed by atoms with van der Waals surface area (Å²) in [6, 6.07) is 5.26. The van der Waals surface area contributed by atoms with Crippen LogP contribution in [0.5, 0.6) is 5.75 Å². The fourth-order valence-electron chi connectivity index (χ4n) is 4.75. The number of benzene rings is 1. The van der Waals surface area contributed by atoms with Gasteiger partial charge in [0.25, 0.3) is 0 Å². The molecule has 2 aliphatic rings. The molecule has 0 radical (unpaired) electrons. The Morgan fingerprint density at radius 2 is 2.07 bits per heavy atom. The molecule has 4 rings (SSSR count). The quantitative estimate of drug-likeness (QED) is 0.759. The maximum absolute atomic E-state index is 12.8. The van der Waals surface area contributed by atoms with E-state index >= 15 is 0 Å². The number of carbonyl (C=O) groups excluding carboxylic acids is 1. The van der Waals surface area contributed by atoms with E-state index in [0.29, 0.717) is 38.2 Å². The molecule has 1 fully saturated rings. The summed E-state index contributed by atoms with van der Waals surface area (Å²) in [6.45, 7) is 2.80. The number of hydrogen-bond acceptors (Lipinski definition) is 5. The zero-order chi connectivity index (χ0) is 21.0. The lowest BCUT2D eigenvalue weighted by molar-refractivity contribution is -0.138. The molecule has 29 heavy (non-hydrogen) atoms. The molecule has 1 aromatic carbocycles. The molecule has 1 atom stereocenters. The summed E-state index contributed by atoms with van der Waals surface area (Å²) in [5, 5.41) is 11.1. The number of aromatic amines is 1. The highest BCUT2D eigenvalue weighted by Gasteiger charge is 2.55. The normalized spacial score (nSPS) is 21.2. The number of fused-ring (bicyclic) bond motifs is 4. The molecule has 0 bridgehead atoms. The van der Waals surface area contributed by atoms with Gasteiger partial charge in [0.05, 0.1) is 26.0 Å². The lowest BCUT2D eigenvalue weighted by Crippen LogP contribution is -2.67. The molecule has 8 nitrogen and oxygen atoms in total. The van der Waals surface area contributed by atoms with Crippen molar-refractivity contribution >= 4 is 26.8 Å². The third kappa shape index (κ3) is 3.12. The van der Waals surface area contributed by atoms with Crippen LogP contribution in [0, 0.1) is 0 Å². The van der Waals surface area contributed by atoms with E-state index in [-0.39, 0.29) is 12.5 Å². The molecule has 0 unspecified atom stereocenters. The molecule has 1 spiro atoms. The predicted molar refractivity (Wildman–Crippen MR) is 109 cm³/mol. The summed E-state index contributed by atoms with van der Waals surface area (Å²) in [5.74, 6) is 0.682. The van der Waals surface area contributed by atoms with E-state index in [1.807, 2.05) is 25.1 Å². The van der Waals surface area contributed by atoms with Crippen LogP contribution in [-0.4, -0.2) is 73.2 Å². The van der Waals surface area contributed by atoms with Gasteiger partial charge in [-0.05, 0) is 24.1 Å². The number of hydrogen-bond donors (Lipinski definition) is 2. The third-order valence-electron chi connectivity index (χ3n) is 6.13. The van der Waals surface area contributed by atoms with Gasteiger partial charge < -0.3 is 19.7 Å². The molecule has 1 aromatic heterocycles. The monoisotopic (exact) mass is 421 g/mol. The minimum atomic E-state index is -3.31. The molecule has 2 aromatic rings. The Balaban J connectivity index is 1.87. The van der Waals surface area contributed by atoms with Crippen LogP contribution in [0.2, 0.25) is 0 Å². The average Bonchev–Trinajstić information content (AvgIpc) is 3.02. The number of aliphatic hydroxyl groups excluding tert-OH is 1. The Bertz CT molecular complexity index is 1060. The van der Waals surface area contributed by atoms with Crippen LogP contribution < -0.4 is 4.74 Å². The lowest BCUT2D eigenvalue weighted by Gasteiger charge is -2.55. The Kier molecular flexibility index (Phi) is 4.87. The number of sulfonamides is 1. The number of carbonyl (C=O) groups is 1. The Morgan fingerprint density at radius 3 is 2.66 bits per heavy atom. The SMILES string of the molecule is CCCC(=O)N1CC2(CN(S(C)(=O)=O)C2)c2c([nH]c3cc(OC)ccc23)[C@H]1CO. The average molecular weight is 422 g/mol. The van der Waals surface area contributed by atoms with Gasteiger partial charge in [-0.3, -0.25) is 4.79 Å². The maximum Gasteiger partial charge on any atom is 0.223 e. The van der Waals surface area contributed by atoms with E-state index in [2.05, 4.69) is 4.98 Å². The number of ether oxygens (including phenoxy) is 1. The first kappa shape index (κ1) is 20.2. The Morgan fingerprint density at radius 1 is 1.34 bits per heavy atom. The highest BCUT2D eigenvalue weighted by molar-refractivity contribution is 7.88. The molecular weight excluding hydrogens is 394 g/mol. The van der Waals surface area contributed by atoms with Gasteiger partial charge in [-0.2, -0.15) is 0 Å². The van der Waals surface area contributed by atoms with Gasteiger partial charge in [-0.25, -0.2) is 12.7 Å². The predicted octanol–water partition coefficient (Wildman–Crippen LogP) is 1.37. The standard InChI is InChI=1S/C20H27N3O5S/c1-4-5-17(25)23-12-20(10-22(11-20)29(3,26)27)18-14-7-6-13(28-2)8-15(14)21-19(18)16(23)9-24/h6-8,16,21,24H,4-5,9-12H2,1-3H3/t16-/m1/s1. The fourth-order valence-corrected chi connectivity index (χ4v) is 5.71. The molecule has 2 aliphatic heterocycles. The lowest BCUT2D eigenvalue weighted by atomic mass is 9.70. The molecule has 0 saturated carbocycles. The van der Waals surface area contributed by atoms with Crippen LogP contribution in [0.4, 0.5) is 0 Å². The minimum Gasteiger partial charge on any atom is -0.497 e. The Hall–Kier alpha value is -2.10. The van der Waals surface area contributed by atoms with Crippen molar-refractivity contribution in [3.8, 4) is 5.75 Å². The second-order valence-electron chi connectivity index (χ2n) is 8.11. The van der Waals surface area contributed by atoms with Crippen LogP contribution in [0.1, 0.15) is 37.1 Å². The summed E-state index contributed by atoms with van der Waals surface area (Å²) < 4.78 is 30.9. The summed E-state index contributed by atoms with van der Waals surface area (Å²) in [6.07, 6.45) is 2.32. The van der Waals surface area contributed by atoms with Gasteiger partial charge in [0.15, 0.2) is 0 Å². The van der Waals surface area contributed by atoms with Crippen LogP contribution in [0.15, 0.2) is 18.2 Å². The van der Waals surface area contributed by atoms with E-state index in [1.165, 1.54) is 10.6 Å². The number of aromatic nitrogens is 1. The van der Waals surface area contributed by atoms with Gasteiger partial charge in [-0.15, -0.1) is 0 Å². The first-order chi connectivity index (χ1) is 13.7. The molecular formula is C20H27N3O5S. The minimum absolute atomic E-state index is 0.0226. The van der Waals surface area contributed by atoms with E-state index in [9.17, 15) is 18.3 Å². The van der Waals surface area contributed by atoms with Gasteiger partial charge in [0.2, 0.25) is 15.9 Å². The molecule has 158 valence electrons. The summed E-state index contributed by atoms with van der Waals surface area (Å²) in [7, 11) is -1.71. The van der Waals surface area contributed by atoms with Gasteiger partial charge in [-0.1, -0.05) is 6.92 Å². The zero-order valence-corrected chi connectivity index (χ0v) is 17.8. The van der Waals surface area contributed by atoms with E-state index in [0.717, 1.165) is 22.2 Å². The van der Waals surface area contributed by atoms with Crippen molar-refractivity contribution in [1.29, 1.82) is 0 Å². The van der Waals surface area contributed by atoms with Gasteiger partial charge in [0, 0.05) is 54.1 Å². The molecule has 1 amide bonds. The van der Waals surface area contributed by atoms with Crippen molar-refractivity contribution in [2.75, 3.05) is 39.6 Å². The molecule has 2 N–H and O–H groups in total. The second kappa shape index (κ2) is 7.00. The van der Waals surface area contributed by atoms with Crippen molar-refractivity contribution in [3.63, 3.8) is 0 Å². The number of aliphatic hydroxyl groups is 1. The van der Waals surface area contributed by atoms with Gasteiger partial charge >= 0.3 is 0 Å². The molecule has 9 heteroatoms. The second-order valence-corrected chi connectivity index (χ2v) is 10.1. The maximum atomic E-state index is 12.8. The highest BCUT2D eigenvalue weighted by Crippen LogP contribution is 2.49. The largest absolute Gasteiger partial charge is 0.497 e. The zero-order valence-electron chi connectivity index (χ0n) is 16.9. The van der Waals surface area contributed by atoms with Gasteiger partial charge in [0.1, 0.15) is 5.75 Å². The number of rotatable bonds is 5. The molecule has 1 saturated heterocycles. The summed E-state index contributed by atoms with van der Waals surface area (Å²) >= 11 is 0. The number of nitrogens with one attached hydrogen (secondary N) is 1. The highest BCUT2D eigenvalue weighted by atomic mass is 32.2. The topological polar surface area (TPSA) is 103 Å². The van der Waals surface area contributed by atoms with E-state index in [4.69, 9.17) is 4.74 Å². The van der Waals surface area contributed by atoms with E-state index in [1.54, 1.807) is 12.0 Å². The summed E-state index contributed by atoms with van der Waals surface area (Å²) in [4.78, 5) is 18.0. The molecule has 3 heterocycles. The number of amides is 1. The van der Waals surface area contributed by atoms with E-state index < -0.39 is 21.5 Å². The smallest absolute Gasteiger partial charge is 0.223 e. The third-order valence-corrected chi connectivity index (χ3v) is 7.33. The number of H-pyrrole nitrogens is 1. The van der Waals surface area contributed by atoms with Crippen molar-refractivity contribution in [1.82, 2.24) is 14.2 Å². The van der Waals surface area contributed by atoms with Crippen LogP contribution in [0.3, 0.4) is 0 Å². The first-order valence-electron chi connectivity index (χ1n) is 9.79. The Labute approximate surface area is 170 Å². The van der Waals surface area contributed by atoms with Crippen LogP contribution in [0.25, 0.3) is 10.9 Å². The fraction of sp³-hybridized carbons (Fsp3) is 0.550. The first-order valence-corrected chi connectivity index (χ1v) is 11.6. The van der Waals surface area contributed by atoms with Crippen molar-refractivity contribution in [2.24, 2.45) is 0 Å². The van der Waals surface area contributed by atoms with Crippen molar-refractivity contribution < 1.29 is 23.1 Å². The van der Waals surface area contributed by atoms with Crippen molar-refractivity contribution in [3.05, 3.63) is 29.5 Å². The number of nitrogens with zero attached hydrogens (tertiary/aromatic N) is 2. The molecule has 0 aliphatic carbocycles. The van der Waals surface area contributed by atoms with Crippen LogP contribution >= 0.6 is 0 Å². The summed E-state index contributed by atoms with van der Waals surface area (Å²) in [5.41, 5.74) is 2.17. The van der Waals surface area contributed by atoms with Crippen molar-refractivity contribution in [2.45, 2.75) is 31.2 Å². The van der Waals surface area contributed by atoms with Crippen LogP contribution in [-0.2, 0) is 20.2 Å². The number of methoxy groups -OCH3 is 1.